The maximum Gasteiger partial charge on any atom is 0.259 e. The Bertz CT molecular complexity index is 1220. The van der Waals surface area contributed by atoms with Crippen LogP contribution in [0.15, 0.2) is 53.0 Å². The molecular formula is C21H21BrN4O3S. The SMILES string of the molecule is Cc1nn(-c2ccc(Br)cc2)c(C)c1C(=O)Nc1cccc(N2CCCS2(=O)=O)c1. The second-order valence-electron chi connectivity index (χ2n) is 7.18. The van der Waals surface area contributed by atoms with E-state index in [1.807, 2.05) is 31.2 Å². The zero-order valence-corrected chi connectivity index (χ0v) is 19.0. The molecule has 1 fully saturated rings. The van der Waals surface area contributed by atoms with Crippen LogP contribution in [0.5, 0.6) is 0 Å². The average Bonchev–Trinajstić information content (AvgIpc) is 3.20. The molecule has 1 aliphatic rings. The fourth-order valence-corrected chi connectivity index (χ4v) is 5.49. The molecule has 4 rings (SSSR count). The first-order chi connectivity index (χ1) is 14.3. The van der Waals surface area contributed by atoms with Gasteiger partial charge in [0.2, 0.25) is 10.0 Å². The Morgan fingerprint density at radius 1 is 1.10 bits per heavy atom. The molecule has 0 saturated carbocycles. The third-order valence-electron chi connectivity index (χ3n) is 5.08. The number of aromatic nitrogens is 2. The Kier molecular flexibility index (Phi) is 5.42. The minimum Gasteiger partial charge on any atom is -0.322 e. The fraction of sp³-hybridized carbons (Fsp3) is 0.238. The summed E-state index contributed by atoms with van der Waals surface area (Å²) in [6.07, 6.45) is 0.604. The number of sulfonamides is 1. The number of nitrogens with zero attached hydrogens (tertiary/aromatic N) is 3. The maximum atomic E-state index is 13.0. The molecule has 0 aliphatic carbocycles. The summed E-state index contributed by atoms with van der Waals surface area (Å²) in [5, 5.41) is 7.41. The molecule has 0 radical (unpaired) electrons. The van der Waals surface area contributed by atoms with Crippen molar-refractivity contribution in [3.05, 3.63) is 70.0 Å². The van der Waals surface area contributed by atoms with Crippen LogP contribution in [0.3, 0.4) is 0 Å². The second kappa shape index (κ2) is 7.88. The lowest BCUT2D eigenvalue weighted by molar-refractivity contribution is 0.102. The highest BCUT2D eigenvalue weighted by Gasteiger charge is 2.28. The predicted octanol–water partition coefficient (Wildman–Crippen LogP) is 4.04. The van der Waals surface area contributed by atoms with Crippen molar-refractivity contribution >= 4 is 43.2 Å². The van der Waals surface area contributed by atoms with Gasteiger partial charge in [-0.3, -0.25) is 9.10 Å². The lowest BCUT2D eigenvalue weighted by atomic mass is 10.1. The van der Waals surface area contributed by atoms with Gasteiger partial charge in [-0.1, -0.05) is 22.0 Å². The van der Waals surface area contributed by atoms with E-state index < -0.39 is 10.0 Å². The number of nitrogens with one attached hydrogen (secondary N) is 1. The van der Waals surface area contributed by atoms with Crippen molar-refractivity contribution in [2.75, 3.05) is 21.9 Å². The third-order valence-corrected chi connectivity index (χ3v) is 7.48. The zero-order valence-electron chi connectivity index (χ0n) is 16.6. The molecule has 1 amide bonds. The Hall–Kier alpha value is -2.65. The van der Waals surface area contributed by atoms with Gasteiger partial charge in [-0.2, -0.15) is 5.10 Å². The average molecular weight is 489 g/mol. The van der Waals surface area contributed by atoms with Crippen molar-refractivity contribution in [3.63, 3.8) is 0 Å². The fourth-order valence-electron chi connectivity index (χ4n) is 3.67. The summed E-state index contributed by atoms with van der Waals surface area (Å²) < 4.78 is 28.5. The van der Waals surface area contributed by atoms with Crippen LogP contribution in [0.2, 0.25) is 0 Å². The summed E-state index contributed by atoms with van der Waals surface area (Å²) in [5.41, 5.74) is 3.80. The largest absolute Gasteiger partial charge is 0.322 e. The molecule has 1 N–H and O–H groups in total. The van der Waals surface area contributed by atoms with Crippen LogP contribution in [0.4, 0.5) is 11.4 Å². The normalized spacial score (nSPS) is 15.4. The van der Waals surface area contributed by atoms with Gasteiger partial charge in [-0.05, 0) is 62.7 Å². The van der Waals surface area contributed by atoms with Gasteiger partial charge in [0, 0.05) is 16.7 Å². The van der Waals surface area contributed by atoms with Crippen LogP contribution in [-0.4, -0.2) is 36.4 Å². The lowest BCUT2D eigenvalue weighted by Crippen LogP contribution is -2.25. The highest BCUT2D eigenvalue weighted by molar-refractivity contribution is 9.10. The van der Waals surface area contributed by atoms with Crippen molar-refractivity contribution in [2.45, 2.75) is 20.3 Å². The van der Waals surface area contributed by atoms with Gasteiger partial charge in [0.05, 0.1) is 34.1 Å². The van der Waals surface area contributed by atoms with E-state index in [4.69, 9.17) is 0 Å². The Labute approximate surface area is 183 Å². The molecule has 0 atom stereocenters. The number of hydrogen-bond donors (Lipinski definition) is 1. The van der Waals surface area contributed by atoms with Gasteiger partial charge in [-0.25, -0.2) is 13.1 Å². The van der Waals surface area contributed by atoms with Crippen LogP contribution in [0.1, 0.15) is 28.2 Å². The van der Waals surface area contributed by atoms with Gasteiger partial charge in [0.1, 0.15) is 0 Å². The van der Waals surface area contributed by atoms with Crippen molar-refractivity contribution in [1.82, 2.24) is 9.78 Å². The molecule has 2 aromatic carbocycles. The number of carbonyl (C=O) groups is 1. The van der Waals surface area contributed by atoms with Crippen molar-refractivity contribution in [1.29, 1.82) is 0 Å². The topological polar surface area (TPSA) is 84.3 Å². The number of benzene rings is 2. The van der Waals surface area contributed by atoms with Crippen LogP contribution in [0.25, 0.3) is 5.69 Å². The third kappa shape index (κ3) is 3.87. The van der Waals surface area contributed by atoms with Gasteiger partial charge >= 0.3 is 0 Å². The molecule has 1 aromatic heterocycles. The predicted molar refractivity (Wildman–Crippen MR) is 121 cm³/mol. The van der Waals surface area contributed by atoms with E-state index in [1.54, 1.807) is 35.9 Å². The van der Waals surface area contributed by atoms with E-state index in [-0.39, 0.29) is 11.7 Å². The van der Waals surface area contributed by atoms with Crippen LogP contribution in [-0.2, 0) is 10.0 Å². The molecule has 7 nitrogen and oxygen atoms in total. The second-order valence-corrected chi connectivity index (χ2v) is 10.1. The molecule has 2 heterocycles. The highest BCUT2D eigenvalue weighted by Crippen LogP contribution is 2.27. The summed E-state index contributed by atoms with van der Waals surface area (Å²) in [7, 11) is -3.28. The first-order valence-electron chi connectivity index (χ1n) is 9.50. The van der Waals surface area contributed by atoms with Crippen molar-refractivity contribution in [3.8, 4) is 5.69 Å². The number of aryl methyl sites for hydroxylation is 1. The first kappa shape index (κ1) is 20.6. The Morgan fingerprint density at radius 3 is 2.50 bits per heavy atom. The first-order valence-corrected chi connectivity index (χ1v) is 11.9. The standard InChI is InChI=1S/C21H21BrN4O3S/c1-14-20(15(2)26(24-14)18-9-7-16(22)8-10-18)21(27)23-17-5-3-6-19(13-17)25-11-4-12-30(25,28)29/h3,5-10,13H,4,11-12H2,1-2H3,(H,23,27). The van der Waals surface area contributed by atoms with E-state index in [2.05, 4.69) is 26.3 Å². The molecule has 1 saturated heterocycles. The maximum absolute atomic E-state index is 13.0. The summed E-state index contributed by atoms with van der Waals surface area (Å²) >= 11 is 3.42. The Balaban J connectivity index is 1.61. The molecule has 0 spiro atoms. The minimum atomic E-state index is -3.28. The Morgan fingerprint density at radius 2 is 1.83 bits per heavy atom. The summed E-state index contributed by atoms with van der Waals surface area (Å²) in [6, 6.07) is 14.6. The van der Waals surface area contributed by atoms with E-state index in [0.29, 0.717) is 35.6 Å². The van der Waals surface area contributed by atoms with Crippen molar-refractivity contribution < 1.29 is 13.2 Å². The number of carbonyl (C=O) groups excluding carboxylic acids is 1. The molecule has 0 bridgehead atoms. The van der Waals surface area contributed by atoms with E-state index >= 15 is 0 Å². The van der Waals surface area contributed by atoms with Gasteiger partial charge in [-0.15, -0.1) is 0 Å². The highest BCUT2D eigenvalue weighted by atomic mass is 79.9. The molecule has 1 aliphatic heterocycles. The smallest absolute Gasteiger partial charge is 0.259 e. The number of rotatable bonds is 4. The minimum absolute atomic E-state index is 0.150. The van der Waals surface area contributed by atoms with E-state index in [1.165, 1.54) is 4.31 Å². The number of anilines is 2. The number of amides is 1. The van der Waals surface area contributed by atoms with Crippen LogP contribution >= 0.6 is 15.9 Å². The van der Waals surface area contributed by atoms with Crippen LogP contribution in [0, 0.1) is 13.8 Å². The molecule has 3 aromatic rings. The summed E-state index contributed by atoms with van der Waals surface area (Å²) in [4.78, 5) is 13.0. The monoisotopic (exact) mass is 488 g/mol. The number of hydrogen-bond acceptors (Lipinski definition) is 4. The number of halogens is 1. The van der Waals surface area contributed by atoms with Crippen molar-refractivity contribution in [2.24, 2.45) is 0 Å². The van der Waals surface area contributed by atoms with Gasteiger partial charge in [0.25, 0.3) is 5.91 Å². The van der Waals surface area contributed by atoms with E-state index in [9.17, 15) is 13.2 Å². The molecule has 9 heteroatoms. The summed E-state index contributed by atoms with van der Waals surface area (Å²) in [6.45, 7) is 4.10. The zero-order chi connectivity index (χ0) is 21.5. The van der Waals surface area contributed by atoms with Gasteiger partial charge < -0.3 is 5.32 Å². The molecule has 30 heavy (non-hydrogen) atoms. The molecular weight excluding hydrogens is 468 g/mol. The lowest BCUT2D eigenvalue weighted by Gasteiger charge is -2.17. The van der Waals surface area contributed by atoms with E-state index in [0.717, 1.165) is 15.9 Å². The molecule has 156 valence electrons. The van der Waals surface area contributed by atoms with Gasteiger partial charge in [0.15, 0.2) is 0 Å². The summed E-state index contributed by atoms with van der Waals surface area (Å²) in [5.74, 6) is -0.133. The molecule has 0 unspecified atom stereocenters. The quantitative estimate of drug-likeness (QED) is 0.600. The van der Waals surface area contributed by atoms with Crippen LogP contribution < -0.4 is 9.62 Å².